The van der Waals surface area contributed by atoms with Crippen LogP contribution in [0.4, 0.5) is 24.5 Å². The number of sulfonamides is 1. The summed E-state index contributed by atoms with van der Waals surface area (Å²) < 4.78 is 82.9. The SMILES string of the molecule is C/C=C\B1OB(/C=C/C)OB(/C=C/C)O1.C=C(C)c1cc(C(=O)N[C@@H](Cc2ccccc2)[C@H](O)CNCc2cccc(C(F)(F)F)c2)cc(N(c2ccccc2)S(C)(=O)=O)c1.c1ccncc1. The maximum Gasteiger partial charge on any atom is 0.458 e. The van der Waals surface area contributed by atoms with Gasteiger partial charge in [0.1, 0.15) is 0 Å². The fourth-order valence-electron chi connectivity index (χ4n) is 6.52. The van der Waals surface area contributed by atoms with Crippen molar-refractivity contribution < 1.29 is 45.2 Å². The summed E-state index contributed by atoms with van der Waals surface area (Å²) in [5, 5.41) is 17.1. The Morgan fingerprint density at radius 1 is 0.761 bits per heavy atom. The van der Waals surface area contributed by atoms with Gasteiger partial charge >= 0.3 is 27.5 Å². The molecule has 1 amide bonds. The molecule has 0 spiro atoms. The van der Waals surface area contributed by atoms with Crippen LogP contribution in [0.1, 0.15) is 60.3 Å². The van der Waals surface area contributed by atoms with E-state index >= 15 is 0 Å². The number of allylic oxidation sites excluding steroid dienone is 4. The van der Waals surface area contributed by atoms with Gasteiger partial charge in [-0.3, -0.25) is 9.78 Å². The summed E-state index contributed by atoms with van der Waals surface area (Å²) in [6.07, 6.45) is 4.93. The van der Waals surface area contributed by atoms with Crippen LogP contribution >= 0.6 is 0 Å². The van der Waals surface area contributed by atoms with Gasteiger partial charge in [-0.05, 0) is 99.3 Å². The number of benzene rings is 4. The van der Waals surface area contributed by atoms with E-state index in [1.807, 2.05) is 105 Å². The summed E-state index contributed by atoms with van der Waals surface area (Å²) in [4.78, 5) is 17.6. The second-order valence-electron chi connectivity index (χ2n) is 15.2. The molecule has 0 saturated carbocycles. The second-order valence-corrected chi connectivity index (χ2v) is 17.0. The van der Waals surface area contributed by atoms with Crippen molar-refractivity contribution in [2.75, 3.05) is 17.1 Å². The summed E-state index contributed by atoms with van der Waals surface area (Å²) in [5.41, 5.74) is 2.41. The summed E-state index contributed by atoms with van der Waals surface area (Å²) >= 11 is 0. The predicted molar refractivity (Wildman–Crippen MR) is 264 cm³/mol. The van der Waals surface area contributed by atoms with Crippen LogP contribution in [-0.4, -0.2) is 70.7 Å². The molecule has 1 fully saturated rings. The first-order chi connectivity index (χ1) is 32.0. The van der Waals surface area contributed by atoms with Crippen LogP contribution in [0.2, 0.25) is 0 Å². The number of hydrogen-bond acceptors (Lipinski definition) is 9. The van der Waals surface area contributed by atoms with Crippen molar-refractivity contribution in [3.05, 3.63) is 204 Å². The summed E-state index contributed by atoms with van der Waals surface area (Å²) in [6.45, 7) is 11.5. The van der Waals surface area contributed by atoms with Gasteiger partial charge in [0.15, 0.2) is 0 Å². The number of rotatable bonds is 16. The number of anilines is 2. The Morgan fingerprint density at radius 2 is 1.28 bits per heavy atom. The first kappa shape index (κ1) is 53.6. The van der Waals surface area contributed by atoms with Crippen molar-refractivity contribution in [2.45, 2.75) is 59.0 Å². The van der Waals surface area contributed by atoms with Crippen LogP contribution in [0.15, 0.2) is 176 Å². The average molecular weight is 935 g/mol. The third kappa shape index (κ3) is 18.3. The molecule has 0 unspecified atom stereocenters. The number of carbonyl (C=O) groups excluding carboxylic acids is 1. The fraction of sp³-hybridized carbons (Fsp3) is 0.224. The van der Waals surface area contributed by atoms with Crippen LogP contribution in [0.3, 0.4) is 0 Å². The summed E-state index contributed by atoms with van der Waals surface area (Å²) in [5.74, 6) is 5.02. The van der Waals surface area contributed by atoms with Gasteiger partial charge < -0.3 is 29.5 Å². The van der Waals surface area contributed by atoms with Crippen LogP contribution in [0, 0.1) is 0 Å². The van der Waals surface area contributed by atoms with Crippen molar-refractivity contribution >= 4 is 54.2 Å². The molecule has 0 bridgehead atoms. The van der Waals surface area contributed by atoms with E-state index in [2.05, 4.69) is 22.2 Å². The van der Waals surface area contributed by atoms with E-state index in [1.165, 1.54) is 12.1 Å². The number of halogens is 3. The lowest BCUT2D eigenvalue weighted by Crippen LogP contribution is -2.48. The molecule has 1 saturated heterocycles. The first-order valence-electron chi connectivity index (χ1n) is 21.5. The van der Waals surface area contributed by atoms with E-state index in [9.17, 15) is 31.5 Å². The third-order valence-electron chi connectivity index (χ3n) is 9.67. The molecule has 67 heavy (non-hydrogen) atoms. The normalized spacial score (nSPS) is 14.0. The molecule has 5 aromatic rings. The Morgan fingerprint density at radius 3 is 1.76 bits per heavy atom. The molecule has 0 aliphatic carbocycles. The lowest BCUT2D eigenvalue weighted by atomic mass is 9.69. The highest BCUT2D eigenvalue weighted by Crippen LogP contribution is 2.32. The minimum Gasteiger partial charge on any atom is -0.445 e. The van der Waals surface area contributed by atoms with Crippen LogP contribution in [0.25, 0.3) is 5.57 Å². The number of alkyl halides is 3. The molecule has 3 N–H and O–H groups in total. The van der Waals surface area contributed by atoms with Gasteiger partial charge in [-0.25, -0.2) is 12.7 Å². The van der Waals surface area contributed by atoms with E-state index in [-0.39, 0.29) is 52.1 Å². The lowest BCUT2D eigenvalue weighted by Gasteiger charge is -2.26. The molecule has 1 aromatic heterocycles. The van der Waals surface area contributed by atoms with Crippen LogP contribution in [-0.2, 0) is 42.9 Å². The van der Waals surface area contributed by atoms with Gasteiger partial charge in [-0.1, -0.05) is 121 Å². The van der Waals surface area contributed by atoms with Gasteiger partial charge in [0.05, 0.1) is 35.3 Å². The molecule has 1 aliphatic heterocycles. The highest BCUT2D eigenvalue weighted by atomic mass is 32.2. The number of aliphatic hydroxyl groups excluding tert-OH is 1. The van der Waals surface area contributed by atoms with Crippen LogP contribution in [0.5, 0.6) is 0 Å². The first-order valence-corrected chi connectivity index (χ1v) is 23.3. The van der Waals surface area contributed by atoms with Gasteiger partial charge in [0, 0.05) is 31.0 Å². The average Bonchev–Trinajstić information content (AvgIpc) is 3.30. The quantitative estimate of drug-likeness (QED) is 0.0827. The molecule has 18 heteroatoms. The number of nitrogens with zero attached hydrogens (tertiary/aromatic N) is 2. The number of nitrogens with one attached hydrogen (secondary N) is 2. The maximum atomic E-state index is 13.8. The molecule has 350 valence electrons. The van der Waals surface area contributed by atoms with E-state index in [1.54, 1.807) is 67.8 Å². The molecule has 4 aromatic carbocycles. The molecule has 1 aliphatic rings. The minimum atomic E-state index is -4.47. The number of aromatic nitrogens is 1. The summed E-state index contributed by atoms with van der Waals surface area (Å²) in [7, 11) is -4.84. The second kappa shape index (κ2) is 27.0. The summed E-state index contributed by atoms with van der Waals surface area (Å²) in [6, 6.07) is 32.2. The highest BCUT2D eigenvalue weighted by molar-refractivity contribution is 7.92. The largest absolute Gasteiger partial charge is 0.458 e. The molecule has 11 nitrogen and oxygen atoms in total. The zero-order valence-corrected chi connectivity index (χ0v) is 39.0. The van der Waals surface area contributed by atoms with Crippen molar-refractivity contribution in [3.63, 3.8) is 0 Å². The number of amides is 1. The molecular weight excluding hydrogens is 878 g/mol. The standard InChI is InChI=1S/C35H36F3N3O4S.C9H15B3O3.C5H5N/c1-24(2)27-19-28(21-31(20-27)41(46(3,44)45)30-15-8-5-9-16-30)34(43)40-32(18-25-11-6-4-7-12-25)33(42)23-39-22-26-13-10-14-29(17-26)35(36,37)38;1-4-7-10-13-11(8-5-2)15-12(14-10)9-6-3;1-2-4-6-5-3-1/h4-17,19-21,32-33,39,42H,1,18,22-23H2,2-3H3,(H,40,43);4-9H,1-3H3;1-5H/b;7-4-,8-5+,9-6+;/t32-,33+;;/m0../s1. The van der Waals surface area contributed by atoms with E-state index in [4.69, 9.17) is 13.7 Å². The van der Waals surface area contributed by atoms with Crippen molar-refractivity contribution in [1.29, 1.82) is 0 Å². The van der Waals surface area contributed by atoms with Crippen LogP contribution < -0.4 is 14.9 Å². The molecule has 0 radical (unpaired) electrons. The number of para-hydroxylation sites is 1. The van der Waals surface area contributed by atoms with Crippen molar-refractivity contribution in [3.8, 4) is 0 Å². The van der Waals surface area contributed by atoms with Gasteiger partial charge in [-0.2, -0.15) is 13.2 Å². The molecular formula is C49H56B3F3N4O7S. The molecule has 6 rings (SSSR count). The number of carbonyl (C=O) groups is 1. The monoisotopic (exact) mass is 934 g/mol. The minimum absolute atomic E-state index is 0.0268. The highest BCUT2D eigenvalue weighted by Gasteiger charge is 2.36. The lowest BCUT2D eigenvalue weighted by molar-refractivity contribution is -0.137. The van der Waals surface area contributed by atoms with Crippen molar-refractivity contribution in [2.24, 2.45) is 0 Å². The van der Waals surface area contributed by atoms with Gasteiger partial charge in [0.2, 0.25) is 10.0 Å². The topological polar surface area (TPSA) is 139 Å². The van der Waals surface area contributed by atoms with Gasteiger partial charge in [-0.15, -0.1) is 0 Å². The van der Waals surface area contributed by atoms with E-state index in [0.29, 0.717) is 22.4 Å². The number of hydrogen-bond donors (Lipinski definition) is 3. The zero-order chi connectivity index (χ0) is 48.8. The Kier molecular flexibility index (Phi) is 21.6. The third-order valence-corrected chi connectivity index (χ3v) is 10.8. The Bertz CT molecular complexity index is 2430. The Balaban J connectivity index is 0.000000381. The van der Waals surface area contributed by atoms with Crippen molar-refractivity contribution in [1.82, 2.24) is 15.6 Å². The maximum absolute atomic E-state index is 13.8. The molecule has 2 heterocycles. The number of aliphatic hydroxyl groups is 1. The Labute approximate surface area is 394 Å². The smallest absolute Gasteiger partial charge is 0.445 e. The fourth-order valence-corrected chi connectivity index (χ4v) is 7.51. The van der Waals surface area contributed by atoms with E-state index < -0.39 is 39.8 Å². The van der Waals surface area contributed by atoms with Gasteiger partial charge in [0.25, 0.3) is 5.91 Å². The Hall–Kier alpha value is -6.01. The van der Waals surface area contributed by atoms with E-state index in [0.717, 1.165) is 28.3 Å². The number of pyridine rings is 1. The molecule has 2 atom stereocenters. The zero-order valence-electron chi connectivity index (χ0n) is 38.2. The predicted octanol–water partition coefficient (Wildman–Crippen LogP) is 9.27.